The molecule has 1 nitrogen and oxygen atoms in total. The van der Waals surface area contributed by atoms with Crippen LogP contribution in [0.2, 0.25) is 0 Å². The van der Waals surface area contributed by atoms with Crippen LogP contribution in [-0.2, 0) is 0 Å². The number of allylic oxidation sites excluding steroid dienone is 1. The van der Waals surface area contributed by atoms with Crippen LogP contribution >= 0.6 is 0 Å². The van der Waals surface area contributed by atoms with Crippen molar-refractivity contribution < 1.29 is 5.11 Å². The molecule has 0 aliphatic heterocycles. The predicted octanol–water partition coefficient (Wildman–Crippen LogP) is 8.41. The zero-order valence-electron chi connectivity index (χ0n) is 21.6. The maximum absolute atomic E-state index is 10.3. The summed E-state index contributed by atoms with van der Waals surface area (Å²) in [4.78, 5) is 0. The molecule has 4 rings (SSSR count). The van der Waals surface area contributed by atoms with Gasteiger partial charge in [0, 0.05) is 0 Å². The normalized spacial score (nSPS) is 44.3. The molecule has 0 aromatic carbocycles. The third-order valence-corrected chi connectivity index (χ3v) is 11.5. The first kappa shape index (κ1) is 23.8. The first-order chi connectivity index (χ1) is 14.7. The van der Waals surface area contributed by atoms with Gasteiger partial charge < -0.3 is 5.11 Å². The summed E-state index contributed by atoms with van der Waals surface area (Å²) >= 11 is 0. The Kier molecular flexibility index (Phi) is 7.04. The molecule has 4 aliphatic carbocycles. The number of hydrogen-bond donors (Lipinski definition) is 1. The largest absolute Gasteiger partial charge is 0.393 e. The molecule has 3 fully saturated rings. The Morgan fingerprint density at radius 2 is 1.77 bits per heavy atom. The molecule has 3 saturated carbocycles. The number of aliphatic hydroxyl groups excluding tert-OH is 1. The molecule has 0 amide bonds. The van der Waals surface area contributed by atoms with E-state index in [9.17, 15) is 5.11 Å². The molecule has 1 heteroatoms. The second kappa shape index (κ2) is 9.15. The van der Waals surface area contributed by atoms with Crippen LogP contribution in [0, 0.1) is 52.3 Å². The molecule has 0 bridgehead atoms. The summed E-state index contributed by atoms with van der Waals surface area (Å²) in [6.07, 6.45) is 18.6. The Balaban J connectivity index is 1.42. The van der Waals surface area contributed by atoms with E-state index in [1.165, 1.54) is 64.2 Å². The van der Waals surface area contributed by atoms with Crippen LogP contribution in [0.15, 0.2) is 11.6 Å². The Hall–Kier alpha value is -0.300. The summed E-state index contributed by atoms with van der Waals surface area (Å²) in [5.41, 5.74) is 2.59. The van der Waals surface area contributed by atoms with E-state index in [1.54, 1.807) is 5.57 Å². The van der Waals surface area contributed by atoms with Crippen LogP contribution < -0.4 is 0 Å². The molecule has 0 heterocycles. The molecule has 0 aromatic heterocycles. The molecule has 0 aromatic rings. The van der Waals surface area contributed by atoms with E-state index >= 15 is 0 Å². The molecule has 0 spiro atoms. The molecule has 4 aliphatic rings. The van der Waals surface area contributed by atoms with Crippen molar-refractivity contribution in [2.75, 3.05) is 0 Å². The lowest BCUT2D eigenvalue weighted by atomic mass is 9.47. The van der Waals surface area contributed by atoms with Gasteiger partial charge in [0.15, 0.2) is 0 Å². The van der Waals surface area contributed by atoms with Crippen molar-refractivity contribution in [2.24, 2.45) is 52.3 Å². The van der Waals surface area contributed by atoms with Crippen LogP contribution in [0.3, 0.4) is 0 Å². The zero-order valence-corrected chi connectivity index (χ0v) is 21.6. The van der Waals surface area contributed by atoms with Crippen molar-refractivity contribution in [3.63, 3.8) is 0 Å². The summed E-state index contributed by atoms with van der Waals surface area (Å²) in [6, 6.07) is 0. The van der Waals surface area contributed by atoms with Gasteiger partial charge in [0.05, 0.1) is 6.10 Å². The van der Waals surface area contributed by atoms with Crippen molar-refractivity contribution in [3.05, 3.63) is 11.6 Å². The fourth-order valence-corrected chi connectivity index (χ4v) is 9.53. The predicted molar refractivity (Wildman–Crippen MR) is 133 cm³/mol. The Morgan fingerprint density at radius 3 is 2.48 bits per heavy atom. The van der Waals surface area contributed by atoms with Crippen LogP contribution in [0.25, 0.3) is 0 Å². The standard InChI is InChI=1S/C30H52O/c1-7-22(20(2)3)10-8-9-21(4)26-13-14-27-25-12-11-23-19-24(31)15-17-29(23,5)28(25)16-18-30(26,27)6/h11,20-22,24-28,31H,7-10,12-19H2,1-6H3/t21-,22-,24+,25+,26-,27+,28+,29+,30-/m1/s1. The van der Waals surface area contributed by atoms with Crippen molar-refractivity contribution >= 4 is 0 Å². The summed E-state index contributed by atoms with van der Waals surface area (Å²) in [5, 5.41) is 10.3. The number of aliphatic hydroxyl groups is 1. The van der Waals surface area contributed by atoms with Gasteiger partial charge in [-0.15, -0.1) is 0 Å². The first-order valence-corrected chi connectivity index (χ1v) is 14.1. The lowest BCUT2D eigenvalue weighted by Gasteiger charge is -2.58. The fraction of sp³-hybridized carbons (Fsp3) is 0.933. The number of hydrogen-bond acceptors (Lipinski definition) is 1. The summed E-state index contributed by atoms with van der Waals surface area (Å²) in [6.45, 7) is 15.1. The summed E-state index contributed by atoms with van der Waals surface area (Å²) in [7, 11) is 0. The van der Waals surface area contributed by atoms with Crippen LogP contribution in [0.5, 0.6) is 0 Å². The molecule has 0 unspecified atom stereocenters. The highest BCUT2D eigenvalue weighted by Crippen LogP contribution is 2.67. The molecule has 0 saturated heterocycles. The summed E-state index contributed by atoms with van der Waals surface area (Å²) < 4.78 is 0. The Morgan fingerprint density at radius 1 is 1.00 bits per heavy atom. The van der Waals surface area contributed by atoms with Gasteiger partial charge in [-0.3, -0.25) is 0 Å². The average Bonchev–Trinajstić information content (AvgIpc) is 3.08. The minimum atomic E-state index is -0.0792. The van der Waals surface area contributed by atoms with Crippen LogP contribution in [-0.4, -0.2) is 11.2 Å². The zero-order chi connectivity index (χ0) is 22.4. The molecular formula is C30H52O. The van der Waals surface area contributed by atoms with E-state index in [0.717, 1.165) is 54.3 Å². The average molecular weight is 429 g/mol. The van der Waals surface area contributed by atoms with Gasteiger partial charge in [-0.25, -0.2) is 0 Å². The topological polar surface area (TPSA) is 20.2 Å². The van der Waals surface area contributed by atoms with Crippen LogP contribution in [0.1, 0.15) is 119 Å². The first-order valence-electron chi connectivity index (χ1n) is 14.1. The third kappa shape index (κ3) is 4.20. The van der Waals surface area contributed by atoms with Gasteiger partial charge in [-0.1, -0.05) is 78.9 Å². The van der Waals surface area contributed by atoms with E-state index in [-0.39, 0.29) is 6.10 Å². The second-order valence-electron chi connectivity index (χ2n) is 13.2. The minimum Gasteiger partial charge on any atom is -0.393 e. The maximum Gasteiger partial charge on any atom is 0.0577 e. The van der Waals surface area contributed by atoms with Crippen molar-refractivity contribution in [2.45, 2.75) is 125 Å². The monoisotopic (exact) mass is 428 g/mol. The van der Waals surface area contributed by atoms with E-state index in [4.69, 9.17) is 0 Å². The highest BCUT2D eigenvalue weighted by atomic mass is 16.3. The molecule has 9 atom stereocenters. The molecule has 31 heavy (non-hydrogen) atoms. The SMILES string of the molecule is CC[C@H](CCC[C@@H](C)[C@H]1CC[C@H]2[C@@H]3CC=C4C[C@@H](O)CC[C@]4(C)[C@H]3CC[C@]12C)C(C)C. The van der Waals surface area contributed by atoms with Gasteiger partial charge in [-0.2, -0.15) is 0 Å². The number of fused-ring (bicyclic) bond motifs is 5. The lowest BCUT2D eigenvalue weighted by Crippen LogP contribution is -2.50. The Labute approximate surface area is 193 Å². The quantitative estimate of drug-likeness (QED) is 0.403. The van der Waals surface area contributed by atoms with Crippen LogP contribution in [0.4, 0.5) is 0 Å². The third-order valence-electron chi connectivity index (χ3n) is 11.5. The van der Waals surface area contributed by atoms with E-state index in [2.05, 4.69) is 47.6 Å². The van der Waals surface area contributed by atoms with E-state index in [1.807, 2.05) is 0 Å². The van der Waals surface area contributed by atoms with E-state index < -0.39 is 0 Å². The molecule has 0 radical (unpaired) electrons. The summed E-state index contributed by atoms with van der Waals surface area (Å²) in [5.74, 6) is 6.34. The van der Waals surface area contributed by atoms with Gasteiger partial charge in [0.25, 0.3) is 0 Å². The molecule has 1 N–H and O–H groups in total. The Bertz CT molecular complexity index is 649. The maximum atomic E-state index is 10.3. The van der Waals surface area contributed by atoms with Gasteiger partial charge in [0.2, 0.25) is 0 Å². The van der Waals surface area contributed by atoms with Gasteiger partial charge in [-0.05, 0) is 104 Å². The van der Waals surface area contributed by atoms with Crippen molar-refractivity contribution in [1.29, 1.82) is 0 Å². The van der Waals surface area contributed by atoms with Crippen molar-refractivity contribution in [1.82, 2.24) is 0 Å². The highest BCUT2D eigenvalue weighted by Gasteiger charge is 2.59. The van der Waals surface area contributed by atoms with Crippen molar-refractivity contribution in [3.8, 4) is 0 Å². The molecular weight excluding hydrogens is 376 g/mol. The second-order valence-corrected chi connectivity index (χ2v) is 13.2. The van der Waals surface area contributed by atoms with Gasteiger partial charge >= 0.3 is 0 Å². The highest BCUT2D eigenvalue weighted by molar-refractivity contribution is 5.25. The van der Waals surface area contributed by atoms with E-state index in [0.29, 0.717) is 10.8 Å². The van der Waals surface area contributed by atoms with Gasteiger partial charge in [0.1, 0.15) is 0 Å². The number of rotatable bonds is 7. The fourth-order valence-electron chi connectivity index (χ4n) is 9.53. The smallest absolute Gasteiger partial charge is 0.0577 e. The minimum absolute atomic E-state index is 0.0792. The molecule has 178 valence electrons. The lowest BCUT2D eigenvalue weighted by molar-refractivity contribution is -0.0573.